The number of unbranched alkanes of at least 4 members (excludes halogenated alkanes) is 1. The van der Waals surface area contributed by atoms with Gasteiger partial charge in [-0.1, -0.05) is 18.2 Å². The summed E-state index contributed by atoms with van der Waals surface area (Å²) in [6.45, 7) is 1.76. The lowest BCUT2D eigenvalue weighted by molar-refractivity contribution is 0.282. The van der Waals surface area contributed by atoms with Crippen molar-refractivity contribution in [2.45, 2.75) is 31.7 Å². The first-order chi connectivity index (χ1) is 9.92. The van der Waals surface area contributed by atoms with E-state index in [0.29, 0.717) is 12.6 Å². The molecule has 1 heterocycles. The lowest BCUT2D eigenvalue weighted by Gasteiger charge is -2.03. The van der Waals surface area contributed by atoms with Crippen molar-refractivity contribution in [2.24, 2.45) is 0 Å². The van der Waals surface area contributed by atoms with Crippen LogP contribution in [0.15, 0.2) is 36.7 Å². The highest BCUT2D eigenvalue weighted by Crippen LogP contribution is 2.18. The molecule has 0 bridgehead atoms. The third-order valence-electron chi connectivity index (χ3n) is 3.30. The van der Waals surface area contributed by atoms with Gasteiger partial charge in [-0.05, 0) is 44.4 Å². The molecule has 1 saturated carbocycles. The molecular formula is C15H20N4O. The zero-order valence-corrected chi connectivity index (χ0v) is 11.5. The minimum absolute atomic E-state index is 0.448. The summed E-state index contributed by atoms with van der Waals surface area (Å²) in [4.78, 5) is 4.16. The largest absolute Gasteiger partial charge is 0.462 e. The normalized spacial score (nSPS) is 14.4. The molecule has 0 radical (unpaired) electrons. The van der Waals surface area contributed by atoms with E-state index in [1.165, 1.54) is 12.8 Å². The van der Waals surface area contributed by atoms with Crippen molar-refractivity contribution in [1.29, 1.82) is 0 Å². The summed E-state index contributed by atoms with van der Waals surface area (Å²) >= 11 is 0. The van der Waals surface area contributed by atoms with E-state index in [4.69, 9.17) is 4.74 Å². The second-order valence-electron chi connectivity index (χ2n) is 5.09. The Morgan fingerprint density at radius 1 is 1.20 bits per heavy atom. The number of nitrogens with one attached hydrogen (secondary N) is 1. The van der Waals surface area contributed by atoms with E-state index < -0.39 is 0 Å². The van der Waals surface area contributed by atoms with E-state index in [1.54, 1.807) is 11.0 Å². The van der Waals surface area contributed by atoms with Gasteiger partial charge in [0.1, 0.15) is 6.33 Å². The van der Waals surface area contributed by atoms with Crippen LogP contribution in [0.1, 0.15) is 25.7 Å². The van der Waals surface area contributed by atoms with Gasteiger partial charge in [-0.3, -0.25) is 0 Å². The minimum atomic E-state index is 0.448. The highest BCUT2D eigenvalue weighted by atomic mass is 16.5. The Balaban J connectivity index is 1.38. The number of hydrogen-bond donors (Lipinski definition) is 1. The Labute approximate surface area is 119 Å². The van der Waals surface area contributed by atoms with Gasteiger partial charge < -0.3 is 10.1 Å². The Kier molecular flexibility index (Phi) is 4.28. The van der Waals surface area contributed by atoms with Crippen molar-refractivity contribution >= 4 is 0 Å². The van der Waals surface area contributed by atoms with Gasteiger partial charge in [0.05, 0.1) is 12.3 Å². The molecule has 1 aliphatic rings. The summed E-state index contributed by atoms with van der Waals surface area (Å²) in [6, 6.07) is 11.1. The van der Waals surface area contributed by atoms with Gasteiger partial charge in [0.2, 0.25) is 0 Å². The average Bonchev–Trinajstić information content (AvgIpc) is 3.20. The van der Waals surface area contributed by atoms with Crippen LogP contribution in [-0.2, 0) is 0 Å². The summed E-state index contributed by atoms with van der Waals surface area (Å²) in [5, 5.41) is 7.79. The van der Waals surface area contributed by atoms with Crippen LogP contribution in [0.5, 0.6) is 6.01 Å². The summed E-state index contributed by atoms with van der Waals surface area (Å²) < 4.78 is 7.29. The lowest BCUT2D eigenvalue weighted by Crippen LogP contribution is -2.18. The van der Waals surface area contributed by atoms with E-state index >= 15 is 0 Å². The first-order valence-corrected chi connectivity index (χ1v) is 7.25. The predicted octanol–water partition coefficient (Wildman–Crippen LogP) is 2.18. The van der Waals surface area contributed by atoms with Crippen molar-refractivity contribution in [2.75, 3.05) is 13.2 Å². The van der Waals surface area contributed by atoms with Crippen LogP contribution >= 0.6 is 0 Å². The Morgan fingerprint density at radius 2 is 2.05 bits per heavy atom. The molecule has 0 amide bonds. The van der Waals surface area contributed by atoms with Gasteiger partial charge in [-0.25, -0.2) is 4.68 Å². The van der Waals surface area contributed by atoms with Crippen LogP contribution in [-0.4, -0.2) is 34.0 Å². The van der Waals surface area contributed by atoms with Gasteiger partial charge >= 0.3 is 6.01 Å². The minimum Gasteiger partial charge on any atom is -0.462 e. The molecule has 106 valence electrons. The van der Waals surface area contributed by atoms with Crippen molar-refractivity contribution in [3.8, 4) is 11.7 Å². The molecule has 1 aromatic carbocycles. The quantitative estimate of drug-likeness (QED) is 0.748. The second kappa shape index (κ2) is 6.52. The maximum Gasteiger partial charge on any atom is 0.335 e. The first kappa shape index (κ1) is 13.1. The van der Waals surface area contributed by atoms with Crippen molar-refractivity contribution in [3.05, 3.63) is 36.7 Å². The number of nitrogens with zero attached hydrogens (tertiary/aromatic N) is 3. The molecule has 3 rings (SSSR count). The first-order valence-electron chi connectivity index (χ1n) is 7.25. The Morgan fingerprint density at radius 3 is 2.85 bits per heavy atom. The molecule has 0 unspecified atom stereocenters. The Hall–Kier alpha value is -1.88. The molecule has 5 heteroatoms. The second-order valence-corrected chi connectivity index (χ2v) is 5.09. The fraction of sp³-hybridized carbons (Fsp3) is 0.467. The number of rotatable bonds is 8. The smallest absolute Gasteiger partial charge is 0.335 e. The molecule has 0 spiro atoms. The van der Waals surface area contributed by atoms with Gasteiger partial charge in [0.15, 0.2) is 0 Å². The van der Waals surface area contributed by atoms with Crippen molar-refractivity contribution < 1.29 is 4.74 Å². The standard InChI is InChI=1S/C15H20N4O/c1-2-6-14(7-3-1)19-12-17-15(18-19)20-11-5-4-10-16-13-8-9-13/h1-3,6-7,12-13,16H,4-5,8-11H2. The lowest BCUT2D eigenvalue weighted by atomic mass is 10.3. The molecule has 0 atom stereocenters. The topological polar surface area (TPSA) is 52.0 Å². The van der Waals surface area contributed by atoms with Gasteiger partial charge in [0, 0.05) is 6.04 Å². The van der Waals surface area contributed by atoms with E-state index in [0.717, 1.165) is 31.1 Å². The van der Waals surface area contributed by atoms with E-state index in [-0.39, 0.29) is 0 Å². The molecular weight excluding hydrogens is 252 g/mol. The number of benzene rings is 1. The molecule has 1 aromatic heterocycles. The van der Waals surface area contributed by atoms with Crippen LogP contribution in [0.4, 0.5) is 0 Å². The predicted molar refractivity (Wildman–Crippen MR) is 77.1 cm³/mol. The summed E-state index contributed by atoms with van der Waals surface area (Å²) in [7, 11) is 0. The SMILES string of the molecule is c1ccc(-n2cnc(OCCCCNC3CC3)n2)cc1. The van der Waals surface area contributed by atoms with Crippen molar-refractivity contribution in [1.82, 2.24) is 20.1 Å². The summed E-state index contributed by atoms with van der Waals surface area (Å²) in [5.74, 6) is 0. The van der Waals surface area contributed by atoms with Gasteiger partial charge in [-0.15, -0.1) is 5.10 Å². The maximum atomic E-state index is 5.56. The van der Waals surface area contributed by atoms with Crippen molar-refractivity contribution in [3.63, 3.8) is 0 Å². The average molecular weight is 272 g/mol. The maximum absolute atomic E-state index is 5.56. The third kappa shape index (κ3) is 3.81. The number of ether oxygens (including phenoxy) is 1. The molecule has 1 N–H and O–H groups in total. The molecule has 1 aliphatic carbocycles. The fourth-order valence-corrected chi connectivity index (χ4v) is 2.00. The van der Waals surface area contributed by atoms with E-state index in [1.807, 2.05) is 30.3 Å². The molecule has 20 heavy (non-hydrogen) atoms. The summed E-state index contributed by atoms with van der Waals surface area (Å²) in [5.41, 5.74) is 0.989. The van der Waals surface area contributed by atoms with Crippen LogP contribution in [0.2, 0.25) is 0 Å². The number of aromatic nitrogens is 3. The molecule has 0 saturated heterocycles. The highest BCUT2D eigenvalue weighted by molar-refractivity contribution is 5.29. The van der Waals surface area contributed by atoms with Crippen LogP contribution < -0.4 is 10.1 Å². The zero-order chi connectivity index (χ0) is 13.6. The zero-order valence-electron chi connectivity index (χ0n) is 11.5. The number of hydrogen-bond acceptors (Lipinski definition) is 4. The van der Waals surface area contributed by atoms with E-state index in [2.05, 4.69) is 15.4 Å². The van der Waals surface area contributed by atoms with E-state index in [9.17, 15) is 0 Å². The van der Waals surface area contributed by atoms with Crippen LogP contribution in [0.25, 0.3) is 5.69 Å². The summed E-state index contributed by atoms with van der Waals surface area (Å²) in [6.07, 6.45) is 6.53. The fourth-order valence-electron chi connectivity index (χ4n) is 2.00. The van der Waals surface area contributed by atoms with Crippen LogP contribution in [0, 0.1) is 0 Å². The Bertz CT molecular complexity index is 522. The molecule has 0 aliphatic heterocycles. The monoisotopic (exact) mass is 272 g/mol. The third-order valence-corrected chi connectivity index (χ3v) is 3.30. The molecule has 1 fully saturated rings. The highest BCUT2D eigenvalue weighted by Gasteiger charge is 2.19. The molecule has 5 nitrogen and oxygen atoms in total. The van der Waals surface area contributed by atoms with Gasteiger partial charge in [-0.2, -0.15) is 4.98 Å². The molecule has 2 aromatic rings. The number of para-hydroxylation sites is 1. The van der Waals surface area contributed by atoms with Gasteiger partial charge in [0.25, 0.3) is 0 Å². The van der Waals surface area contributed by atoms with Crippen LogP contribution in [0.3, 0.4) is 0 Å².